The molecule has 0 saturated heterocycles. The molecule has 0 unspecified atom stereocenters. The van der Waals surface area contributed by atoms with E-state index < -0.39 is 5.97 Å². The fourth-order valence-electron chi connectivity index (χ4n) is 4.19. The van der Waals surface area contributed by atoms with Crippen LogP contribution in [0.25, 0.3) is 0 Å². The third-order valence-electron chi connectivity index (χ3n) is 5.64. The average molecular weight is 350 g/mol. The zero-order valence-corrected chi connectivity index (χ0v) is 14.5. The molecule has 2 aliphatic carbocycles. The van der Waals surface area contributed by atoms with Crippen molar-refractivity contribution in [2.45, 2.75) is 56.9 Å². The summed E-state index contributed by atoms with van der Waals surface area (Å²) < 4.78 is 0. The number of nitrogens with one attached hydrogen (secondary N) is 1. The molecule has 4 nitrogen and oxygen atoms in total. The summed E-state index contributed by atoms with van der Waals surface area (Å²) in [6.45, 7) is 0. The van der Waals surface area contributed by atoms with Crippen molar-refractivity contribution < 1.29 is 14.7 Å². The minimum absolute atomic E-state index is 0.0701. The second kappa shape index (κ2) is 7.14. The summed E-state index contributed by atoms with van der Waals surface area (Å²) in [5.74, 6) is -1.03. The normalized spacial score (nSPS) is 26.0. The second-order valence-corrected chi connectivity index (χ2v) is 7.61. The fraction of sp³-hybridized carbons (Fsp3) is 0.579. The molecule has 0 spiro atoms. The molecule has 0 atom stereocenters. The number of aliphatic carboxylic acids is 1. The van der Waals surface area contributed by atoms with Gasteiger partial charge in [-0.15, -0.1) is 0 Å². The lowest BCUT2D eigenvalue weighted by atomic mass is 9.80. The number of hydrogen-bond acceptors (Lipinski definition) is 2. The minimum Gasteiger partial charge on any atom is -0.481 e. The first kappa shape index (κ1) is 17.3. The van der Waals surface area contributed by atoms with Crippen LogP contribution in [0.4, 0.5) is 0 Å². The first-order valence-corrected chi connectivity index (χ1v) is 9.19. The van der Waals surface area contributed by atoms with Crippen LogP contribution in [-0.2, 0) is 15.1 Å². The molecule has 1 amide bonds. The van der Waals surface area contributed by atoms with Gasteiger partial charge in [-0.2, -0.15) is 0 Å². The summed E-state index contributed by atoms with van der Waals surface area (Å²) in [5.41, 5.74) is 0.770. The summed E-state index contributed by atoms with van der Waals surface area (Å²) in [6, 6.07) is 7.78. The summed E-state index contributed by atoms with van der Waals surface area (Å²) >= 11 is 6.15. The second-order valence-electron chi connectivity index (χ2n) is 7.18. The molecule has 2 aliphatic rings. The molecule has 1 aromatic rings. The summed E-state index contributed by atoms with van der Waals surface area (Å²) in [6.07, 6.45) is 6.57. The van der Waals surface area contributed by atoms with Crippen molar-refractivity contribution in [3.63, 3.8) is 0 Å². The summed E-state index contributed by atoms with van der Waals surface area (Å²) in [4.78, 5) is 23.9. The average Bonchev–Trinajstić information content (AvgIpc) is 3.04. The van der Waals surface area contributed by atoms with Gasteiger partial charge < -0.3 is 10.4 Å². The SMILES string of the molecule is O=C(O)C1CCC(C(=O)NC2(c3cccc(Cl)c3)CCCC2)CC1. The first-order valence-electron chi connectivity index (χ1n) is 8.81. The Hall–Kier alpha value is -1.55. The van der Waals surface area contributed by atoms with Gasteiger partial charge in [-0.3, -0.25) is 9.59 Å². The van der Waals surface area contributed by atoms with E-state index >= 15 is 0 Å². The van der Waals surface area contributed by atoms with Crippen molar-refractivity contribution in [3.05, 3.63) is 34.9 Å². The molecular weight excluding hydrogens is 326 g/mol. The van der Waals surface area contributed by atoms with E-state index in [4.69, 9.17) is 16.7 Å². The van der Waals surface area contributed by atoms with Crippen molar-refractivity contribution in [2.75, 3.05) is 0 Å². The Labute approximate surface area is 147 Å². The number of carboxylic acids is 1. The number of amides is 1. The van der Waals surface area contributed by atoms with Crippen molar-refractivity contribution in [3.8, 4) is 0 Å². The molecule has 0 bridgehead atoms. The van der Waals surface area contributed by atoms with Crippen molar-refractivity contribution in [1.82, 2.24) is 5.32 Å². The van der Waals surface area contributed by atoms with E-state index in [9.17, 15) is 9.59 Å². The fourth-order valence-corrected chi connectivity index (χ4v) is 4.38. The van der Waals surface area contributed by atoms with Crippen LogP contribution in [0.2, 0.25) is 5.02 Å². The summed E-state index contributed by atoms with van der Waals surface area (Å²) in [5, 5.41) is 13.1. The highest BCUT2D eigenvalue weighted by molar-refractivity contribution is 6.30. The molecule has 0 aromatic heterocycles. The lowest BCUT2D eigenvalue weighted by Crippen LogP contribution is -2.47. The maximum absolute atomic E-state index is 12.8. The van der Waals surface area contributed by atoms with Crippen LogP contribution in [0.1, 0.15) is 56.9 Å². The number of benzene rings is 1. The number of halogens is 1. The zero-order chi connectivity index (χ0) is 17.2. The van der Waals surface area contributed by atoms with Crippen LogP contribution in [0.3, 0.4) is 0 Å². The van der Waals surface area contributed by atoms with Gasteiger partial charge in [0.25, 0.3) is 0 Å². The van der Waals surface area contributed by atoms with Crippen LogP contribution in [0.5, 0.6) is 0 Å². The molecule has 130 valence electrons. The van der Waals surface area contributed by atoms with Gasteiger partial charge in [0.2, 0.25) is 5.91 Å². The molecule has 5 heteroatoms. The van der Waals surface area contributed by atoms with Crippen LogP contribution in [0, 0.1) is 11.8 Å². The third kappa shape index (κ3) is 3.59. The number of hydrogen-bond donors (Lipinski definition) is 2. The van der Waals surface area contributed by atoms with Crippen LogP contribution < -0.4 is 5.32 Å². The van der Waals surface area contributed by atoms with E-state index in [0.717, 1.165) is 31.2 Å². The predicted octanol–water partition coefficient (Wildman–Crippen LogP) is 4.12. The molecular formula is C19H24ClNO3. The van der Waals surface area contributed by atoms with Gasteiger partial charge in [0.1, 0.15) is 0 Å². The van der Waals surface area contributed by atoms with Crippen LogP contribution >= 0.6 is 11.6 Å². The van der Waals surface area contributed by atoms with E-state index in [-0.39, 0.29) is 23.3 Å². The van der Waals surface area contributed by atoms with Crippen molar-refractivity contribution in [2.24, 2.45) is 11.8 Å². The number of carbonyl (C=O) groups excluding carboxylic acids is 1. The van der Waals surface area contributed by atoms with Crippen molar-refractivity contribution >= 4 is 23.5 Å². The Morgan fingerprint density at radius 2 is 1.71 bits per heavy atom. The lowest BCUT2D eigenvalue weighted by molar-refractivity contribution is -0.144. The van der Waals surface area contributed by atoms with Gasteiger partial charge in [-0.25, -0.2) is 0 Å². The Morgan fingerprint density at radius 1 is 1.08 bits per heavy atom. The monoisotopic (exact) mass is 349 g/mol. The molecule has 2 fully saturated rings. The van der Waals surface area contributed by atoms with Crippen LogP contribution in [0.15, 0.2) is 24.3 Å². The van der Waals surface area contributed by atoms with Gasteiger partial charge in [0.05, 0.1) is 11.5 Å². The van der Waals surface area contributed by atoms with Gasteiger partial charge in [-0.05, 0) is 56.2 Å². The molecule has 3 rings (SSSR count). The number of carboxylic acid groups (broad SMARTS) is 1. The smallest absolute Gasteiger partial charge is 0.306 e. The standard InChI is InChI=1S/C19H24ClNO3/c20-16-5-3-4-15(12-16)19(10-1-2-11-19)21-17(22)13-6-8-14(9-7-13)18(23)24/h3-5,12-14H,1-2,6-11H2,(H,21,22)(H,23,24). The molecule has 2 N–H and O–H groups in total. The Balaban J connectivity index is 1.70. The first-order chi connectivity index (χ1) is 11.5. The highest BCUT2D eigenvalue weighted by atomic mass is 35.5. The molecule has 0 radical (unpaired) electrons. The van der Waals surface area contributed by atoms with Gasteiger partial charge in [0, 0.05) is 10.9 Å². The van der Waals surface area contributed by atoms with E-state index in [2.05, 4.69) is 5.32 Å². The van der Waals surface area contributed by atoms with E-state index in [1.54, 1.807) is 0 Å². The Kier molecular flexibility index (Phi) is 5.14. The Bertz CT molecular complexity index is 617. The highest BCUT2D eigenvalue weighted by Crippen LogP contribution is 2.40. The zero-order valence-electron chi connectivity index (χ0n) is 13.8. The minimum atomic E-state index is -0.736. The maximum Gasteiger partial charge on any atom is 0.306 e. The number of carbonyl (C=O) groups is 2. The third-order valence-corrected chi connectivity index (χ3v) is 5.88. The highest BCUT2D eigenvalue weighted by Gasteiger charge is 2.39. The molecule has 1 aromatic carbocycles. The molecule has 24 heavy (non-hydrogen) atoms. The van der Waals surface area contributed by atoms with Gasteiger partial charge in [0.15, 0.2) is 0 Å². The van der Waals surface area contributed by atoms with Crippen molar-refractivity contribution in [1.29, 1.82) is 0 Å². The van der Waals surface area contributed by atoms with E-state index in [1.165, 1.54) is 0 Å². The Morgan fingerprint density at radius 3 is 2.29 bits per heavy atom. The van der Waals surface area contributed by atoms with Gasteiger partial charge >= 0.3 is 5.97 Å². The topological polar surface area (TPSA) is 66.4 Å². The molecule has 0 heterocycles. The largest absolute Gasteiger partial charge is 0.481 e. The quantitative estimate of drug-likeness (QED) is 0.859. The molecule has 0 aliphatic heterocycles. The van der Waals surface area contributed by atoms with Crippen LogP contribution in [-0.4, -0.2) is 17.0 Å². The van der Waals surface area contributed by atoms with E-state index in [0.29, 0.717) is 30.7 Å². The molecule has 2 saturated carbocycles. The maximum atomic E-state index is 12.8. The predicted molar refractivity (Wildman–Crippen MR) is 92.8 cm³/mol. The summed E-state index contributed by atoms with van der Waals surface area (Å²) in [7, 11) is 0. The number of rotatable bonds is 4. The van der Waals surface area contributed by atoms with Gasteiger partial charge in [-0.1, -0.05) is 36.6 Å². The lowest BCUT2D eigenvalue weighted by Gasteiger charge is -2.34. The van der Waals surface area contributed by atoms with E-state index in [1.807, 2.05) is 24.3 Å².